The highest BCUT2D eigenvalue weighted by molar-refractivity contribution is 7.99. The smallest absolute Gasteiger partial charge is 0.244 e. The van der Waals surface area contributed by atoms with Gasteiger partial charge in [-0.05, 0) is 19.9 Å². The highest BCUT2D eigenvalue weighted by atomic mass is 32.2. The van der Waals surface area contributed by atoms with Gasteiger partial charge in [-0.3, -0.25) is 14.9 Å². The molecule has 20 heavy (non-hydrogen) atoms. The Kier molecular flexibility index (Phi) is 4.74. The zero-order valence-electron chi connectivity index (χ0n) is 11.4. The van der Waals surface area contributed by atoms with E-state index in [9.17, 15) is 4.79 Å². The first-order valence-electron chi connectivity index (χ1n) is 6.28. The molecule has 0 aliphatic carbocycles. The molecular weight excluding hydrogens is 278 g/mol. The van der Waals surface area contributed by atoms with Gasteiger partial charge < -0.3 is 4.57 Å². The predicted octanol–water partition coefficient (Wildman–Crippen LogP) is 0.263. The Balaban J connectivity index is 2.27. The van der Waals surface area contributed by atoms with Gasteiger partial charge in [-0.15, -0.1) is 10.2 Å². The van der Waals surface area contributed by atoms with Crippen molar-refractivity contribution >= 4 is 17.7 Å². The van der Waals surface area contributed by atoms with Gasteiger partial charge in [0, 0.05) is 19.3 Å². The van der Waals surface area contributed by atoms with Crippen molar-refractivity contribution < 1.29 is 4.79 Å². The van der Waals surface area contributed by atoms with Gasteiger partial charge in [0.1, 0.15) is 5.69 Å². The molecule has 8 nitrogen and oxygen atoms in total. The molecule has 108 valence electrons. The number of aromatic nitrogens is 5. The van der Waals surface area contributed by atoms with E-state index in [0.29, 0.717) is 11.7 Å². The third kappa shape index (κ3) is 2.83. The van der Waals surface area contributed by atoms with Crippen molar-refractivity contribution in [2.24, 2.45) is 5.84 Å². The second kappa shape index (κ2) is 6.53. The lowest BCUT2D eigenvalue weighted by Gasteiger charge is -2.08. The average molecular weight is 295 g/mol. The number of hydrogen-bond acceptors (Lipinski definition) is 6. The van der Waals surface area contributed by atoms with Crippen molar-refractivity contribution in [3.8, 4) is 11.5 Å². The fourth-order valence-electron chi connectivity index (χ4n) is 1.82. The Hall–Kier alpha value is -1.87. The first kappa shape index (κ1) is 14.5. The van der Waals surface area contributed by atoms with E-state index in [0.717, 1.165) is 18.1 Å². The highest BCUT2D eigenvalue weighted by Crippen LogP contribution is 2.23. The Morgan fingerprint density at radius 3 is 2.85 bits per heavy atom. The molecular formula is C11H17N7OS. The van der Waals surface area contributed by atoms with Crippen LogP contribution in [-0.2, 0) is 17.9 Å². The van der Waals surface area contributed by atoms with E-state index in [-0.39, 0.29) is 11.7 Å². The lowest BCUT2D eigenvalue weighted by Crippen LogP contribution is -2.31. The minimum atomic E-state index is -0.249. The predicted molar refractivity (Wildman–Crippen MR) is 75.6 cm³/mol. The lowest BCUT2D eigenvalue weighted by atomic mass is 10.4. The quantitative estimate of drug-likeness (QED) is 0.343. The normalized spacial score (nSPS) is 10.8. The summed E-state index contributed by atoms with van der Waals surface area (Å²) in [6, 6.07) is 1.90. The Morgan fingerprint density at radius 2 is 2.20 bits per heavy atom. The second-order valence-electron chi connectivity index (χ2n) is 3.94. The largest absolute Gasteiger partial charge is 0.301 e. The van der Waals surface area contributed by atoms with Gasteiger partial charge in [0.15, 0.2) is 11.0 Å². The lowest BCUT2D eigenvalue weighted by molar-refractivity contribution is -0.118. The first-order chi connectivity index (χ1) is 9.71. The van der Waals surface area contributed by atoms with Gasteiger partial charge in [0.25, 0.3) is 0 Å². The molecule has 0 saturated carbocycles. The summed E-state index contributed by atoms with van der Waals surface area (Å²) in [6.45, 7) is 5.50. The summed E-state index contributed by atoms with van der Waals surface area (Å²) >= 11 is 1.30. The van der Waals surface area contributed by atoms with Crippen LogP contribution in [0.5, 0.6) is 0 Å². The summed E-state index contributed by atoms with van der Waals surface area (Å²) in [7, 11) is 0. The first-order valence-corrected chi connectivity index (χ1v) is 7.27. The van der Waals surface area contributed by atoms with Gasteiger partial charge >= 0.3 is 0 Å². The minimum absolute atomic E-state index is 0.210. The van der Waals surface area contributed by atoms with Crippen LogP contribution in [0.15, 0.2) is 17.4 Å². The SMILES string of the molecule is CCn1nccc1-c1nnc(SCC(=O)NN)n1CC. The van der Waals surface area contributed by atoms with Crippen molar-refractivity contribution in [1.82, 2.24) is 30.0 Å². The Labute approximate surface area is 120 Å². The molecule has 0 unspecified atom stereocenters. The van der Waals surface area contributed by atoms with Crippen molar-refractivity contribution in [3.05, 3.63) is 12.3 Å². The molecule has 9 heteroatoms. The number of nitrogens with two attached hydrogens (primary N) is 1. The number of amides is 1. The summed E-state index contributed by atoms with van der Waals surface area (Å²) in [5, 5.41) is 13.3. The fraction of sp³-hybridized carbons (Fsp3) is 0.455. The van der Waals surface area contributed by atoms with Gasteiger partial charge in [-0.1, -0.05) is 11.8 Å². The molecule has 0 aromatic carbocycles. The van der Waals surface area contributed by atoms with Crippen LogP contribution in [0.25, 0.3) is 11.5 Å². The third-order valence-electron chi connectivity index (χ3n) is 2.77. The van der Waals surface area contributed by atoms with E-state index >= 15 is 0 Å². The number of nitrogens with zero attached hydrogens (tertiary/aromatic N) is 5. The molecule has 0 fully saturated rings. The fourth-order valence-corrected chi connectivity index (χ4v) is 2.63. The Bertz CT molecular complexity index is 591. The number of thioether (sulfide) groups is 1. The van der Waals surface area contributed by atoms with E-state index in [2.05, 4.69) is 20.7 Å². The van der Waals surface area contributed by atoms with Crippen LogP contribution in [0, 0.1) is 0 Å². The number of aryl methyl sites for hydroxylation is 1. The molecule has 0 aliphatic rings. The topological polar surface area (TPSA) is 104 Å². The van der Waals surface area contributed by atoms with Crippen LogP contribution in [0.1, 0.15) is 13.8 Å². The third-order valence-corrected chi connectivity index (χ3v) is 3.74. The average Bonchev–Trinajstić information content (AvgIpc) is 3.09. The van der Waals surface area contributed by atoms with Gasteiger partial charge in [-0.25, -0.2) is 5.84 Å². The molecule has 2 aromatic heterocycles. The number of hydrazine groups is 1. The summed E-state index contributed by atoms with van der Waals surface area (Å²) in [5.74, 6) is 5.77. The molecule has 0 saturated heterocycles. The molecule has 0 aliphatic heterocycles. The van der Waals surface area contributed by atoms with E-state index in [4.69, 9.17) is 5.84 Å². The van der Waals surface area contributed by atoms with E-state index in [1.807, 2.05) is 29.2 Å². The van der Waals surface area contributed by atoms with Crippen LogP contribution in [-0.4, -0.2) is 36.2 Å². The molecule has 2 aromatic rings. The molecule has 0 atom stereocenters. The van der Waals surface area contributed by atoms with Crippen molar-refractivity contribution in [2.45, 2.75) is 32.1 Å². The summed E-state index contributed by atoms with van der Waals surface area (Å²) in [6.07, 6.45) is 1.74. The van der Waals surface area contributed by atoms with Gasteiger partial charge in [0.05, 0.1) is 5.75 Å². The summed E-state index contributed by atoms with van der Waals surface area (Å²) < 4.78 is 3.81. The number of carbonyl (C=O) groups is 1. The standard InChI is InChI=1S/C11H17N7OS/c1-3-17-10(8-5-6-13-18(8)4-2)15-16-11(17)20-7-9(19)14-12/h5-6H,3-4,7,12H2,1-2H3,(H,14,19). The molecule has 2 heterocycles. The zero-order chi connectivity index (χ0) is 14.5. The number of rotatable bonds is 6. The second-order valence-corrected chi connectivity index (χ2v) is 4.88. The monoisotopic (exact) mass is 295 g/mol. The van der Waals surface area contributed by atoms with E-state index in [1.54, 1.807) is 6.20 Å². The van der Waals surface area contributed by atoms with Crippen LogP contribution in [0.2, 0.25) is 0 Å². The van der Waals surface area contributed by atoms with Crippen LogP contribution in [0.3, 0.4) is 0 Å². The maximum atomic E-state index is 11.2. The number of nitrogens with one attached hydrogen (secondary N) is 1. The molecule has 3 N–H and O–H groups in total. The summed E-state index contributed by atoms with van der Waals surface area (Å²) in [5.41, 5.74) is 3.01. The number of carbonyl (C=O) groups excluding carboxylic acids is 1. The maximum Gasteiger partial charge on any atom is 0.244 e. The van der Waals surface area contributed by atoms with Crippen molar-refractivity contribution in [1.29, 1.82) is 0 Å². The Morgan fingerprint density at radius 1 is 1.40 bits per heavy atom. The molecule has 0 spiro atoms. The van der Waals surface area contributed by atoms with Gasteiger partial charge in [0.2, 0.25) is 5.91 Å². The maximum absolute atomic E-state index is 11.2. The number of hydrogen-bond donors (Lipinski definition) is 2. The highest BCUT2D eigenvalue weighted by Gasteiger charge is 2.16. The minimum Gasteiger partial charge on any atom is -0.301 e. The van der Waals surface area contributed by atoms with Crippen molar-refractivity contribution in [3.63, 3.8) is 0 Å². The van der Waals surface area contributed by atoms with Crippen molar-refractivity contribution in [2.75, 3.05) is 5.75 Å². The van der Waals surface area contributed by atoms with Crippen LogP contribution in [0.4, 0.5) is 0 Å². The molecule has 0 radical (unpaired) electrons. The van der Waals surface area contributed by atoms with Gasteiger partial charge in [-0.2, -0.15) is 5.10 Å². The van der Waals surface area contributed by atoms with E-state index < -0.39 is 0 Å². The summed E-state index contributed by atoms with van der Waals surface area (Å²) in [4.78, 5) is 11.2. The molecule has 2 rings (SSSR count). The molecule has 1 amide bonds. The zero-order valence-corrected chi connectivity index (χ0v) is 12.2. The van der Waals surface area contributed by atoms with E-state index in [1.165, 1.54) is 11.8 Å². The van der Waals surface area contributed by atoms with Crippen LogP contribution >= 0.6 is 11.8 Å². The molecule has 0 bridgehead atoms. The van der Waals surface area contributed by atoms with Crippen LogP contribution < -0.4 is 11.3 Å².